The molecule has 0 aliphatic carbocycles. The maximum Gasteiger partial charge on any atom is 0.0564 e. The van der Waals surface area contributed by atoms with Gasteiger partial charge in [0.05, 0.1) is 6.10 Å². The summed E-state index contributed by atoms with van der Waals surface area (Å²) in [6, 6.07) is 0. The maximum absolute atomic E-state index is 9.66. The minimum Gasteiger partial charge on any atom is -0.393 e. The van der Waals surface area contributed by atoms with Gasteiger partial charge in [-0.25, -0.2) is 0 Å². The Hall–Kier alpha value is -0.200. The average molecular weight is 230 g/mol. The Morgan fingerprint density at radius 2 is 0.875 bits per heavy atom. The number of nitrogens with one attached hydrogen (secondary N) is 4. The molecule has 1 fully saturated rings. The molecule has 5 heteroatoms. The molecule has 0 aromatic heterocycles. The van der Waals surface area contributed by atoms with Crippen LogP contribution in [0, 0.1) is 0 Å². The predicted octanol–water partition coefficient (Wildman–Crippen LogP) is -1.50. The van der Waals surface area contributed by atoms with E-state index in [2.05, 4.69) is 21.3 Å². The SMILES string of the molecule is OC1CCNCCNCCNCCNCC1. The predicted molar refractivity (Wildman–Crippen MR) is 66.7 cm³/mol. The molecule has 0 amide bonds. The molecule has 1 saturated heterocycles. The van der Waals surface area contributed by atoms with Crippen molar-refractivity contribution < 1.29 is 5.11 Å². The van der Waals surface area contributed by atoms with Crippen LogP contribution in [-0.2, 0) is 0 Å². The van der Waals surface area contributed by atoms with Crippen molar-refractivity contribution in [3.05, 3.63) is 0 Å². The zero-order valence-corrected chi connectivity index (χ0v) is 10.1. The average Bonchev–Trinajstić information content (AvgIpc) is 2.29. The van der Waals surface area contributed by atoms with Crippen molar-refractivity contribution >= 4 is 0 Å². The Bertz CT molecular complexity index is 141. The van der Waals surface area contributed by atoms with Gasteiger partial charge in [-0.05, 0) is 25.9 Å². The molecule has 0 unspecified atom stereocenters. The Morgan fingerprint density at radius 1 is 0.562 bits per heavy atom. The van der Waals surface area contributed by atoms with E-state index in [9.17, 15) is 5.11 Å². The van der Waals surface area contributed by atoms with Gasteiger partial charge < -0.3 is 26.4 Å². The van der Waals surface area contributed by atoms with E-state index in [0.717, 1.165) is 65.2 Å². The molecule has 96 valence electrons. The highest BCUT2D eigenvalue weighted by atomic mass is 16.3. The highest BCUT2D eigenvalue weighted by molar-refractivity contribution is 4.63. The van der Waals surface area contributed by atoms with Crippen LogP contribution in [0.15, 0.2) is 0 Å². The fourth-order valence-electron chi connectivity index (χ4n) is 1.71. The second-order valence-electron chi connectivity index (χ2n) is 4.23. The van der Waals surface area contributed by atoms with Crippen LogP contribution >= 0.6 is 0 Å². The molecule has 5 nitrogen and oxygen atoms in total. The van der Waals surface area contributed by atoms with E-state index in [-0.39, 0.29) is 6.10 Å². The third-order valence-electron chi connectivity index (χ3n) is 2.74. The molecule has 0 bridgehead atoms. The molecule has 16 heavy (non-hydrogen) atoms. The fourth-order valence-corrected chi connectivity index (χ4v) is 1.71. The molecule has 1 rings (SSSR count). The van der Waals surface area contributed by atoms with Crippen LogP contribution in [0.1, 0.15) is 12.8 Å². The Morgan fingerprint density at radius 3 is 1.25 bits per heavy atom. The van der Waals surface area contributed by atoms with Gasteiger partial charge in [-0.3, -0.25) is 0 Å². The van der Waals surface area contributed by atoms with Crippen molar-refractivity contribution in [1.29, 1.82) is 0 Å². The van der Waals surface area contributed by atoms with Gasteiger partial charge in [-0.1, -0.05) is 0 Å². The lowest BCUT2D eigenvalue weighted by molar-refractivity contribution is 0.154. The quantitative estimate of drug-likeness (QED) is 0.350. The van der Waals surface area contributed by atoms with Crippen molar-refractivity contribution in [2.75, 3.05) is 52.4 Å². The molecule has 0 atom stereocenters. The maximum atomic E-state index is 9.66. The Kier molecular flexibility index (Phi) is 8.65. The van der Waals surface area contributed by atoms with Crippen LogP contribution in [0.4, 0.5) is 0 Å². The summed E-state index contributed by atoms with van der Waals surface area (Å²) >= 11 is 0. The number of rotatable bonds is 0. The summed E-state index contributed by atoms with van der Waals surface area (Å²) in [5, 5.41) is 23.0. The lowest BCUT2D eigenvalue weighted by atomic mass is 10.2. The van der Waals surface area contributed by atoms with Crippen LogP contribution < -0.4 is 21.3 Å². The molecule has 1 aliphatic heterocycles. The lowest BCUT2D eigenvalue weighted by Crippen LogP contribution is -2.35. The standard InChI is InChI=1S/C11H26N4O/c16-11-1-3-12-5-7-14-9-10-15-8-6-13-4-2-11/h11-16H,1-10H2. The van der Waals surface area contributed by atoms with Crippen LogP contribution in [0.3, 0.4) is 0 Å². The minimum atomic E-state index is -0.175. The third-order valence-corrected chi connectivity index (χ3v) is 2.74. The smallest absolute Gasteiger partial charge is 0.0564 e. The highest BCUT2D eigenvalue weighted by Gasteiger charge is 2.03. The van der Waals surface area contributed by atoms with E-state index in [4.69, 9.17) is 0 Å². The normalized spacial score (nSPS) is 24.6. The highest BCUT2D eigenvalue weighted by Crippen LogP contribution is 1.94. The van der Waals surface area contributed by atoms with Crippen molar-refractivity contribution in [3.8, 4) is 0 Å². The first-order chi connectivity index (χ1) is 7.89. The van der Waals surface area contributed by atoms with Gasteiger partial charge in [0, 0.05) is 39.3 Å². The third kappa shape index (κ3) is 8.01. The Balaban J connectivity index is 2.10. The molecule has 1 heterocycles. The van der Waals surface area contributed by atoms with Crippen molar-refractivity contribution in [3.63, 3.8) is 0 Å². The van der Waals surface area contributed by atoms with Gasteiger partial charge in [-0.2, -0.15) is 0 Å². The molecule has 0 aromatic rings. The van der Waals surface area contributed by atoms with Gasteiger partial charge in [-0.15, -0.1) is 0 Å². The summed E-state index contributed by atoms with van der Waals surface area (Å²) in [5.41, 5.74) is 0. The molecule has 5 N–H and O–H groups in total. The van der Waals surface area contributed by atoms with Gasteiger partial charge in [0.2, 0.25) is 0 Å². The van der Waals surface area contributed by atoms with E-state index in [1.54, 1.807) is 0 Å². The first kappa shape index (κ1) is 13.9. The molecular weight excluding hydrogens is 204 g/mol. The van der Waals surface area contributed by atoms with Gasteiger partial charge >= 0.3 is 0 Å². The van der Waals surface area contributed by atoms with E-state index in [0.29, 0.717) is 0 Å². The number of aliphatic hydroxyl groups is 1. The summed E-state index contributed by atoms with van der Waals surface area (Å²) in [6.45, 7) is 7.79. The molecular formula is C11H26N4O. The lowest BCUT2D eigenvalue weighted by Gasteiger charge is -2.11. The monoisotopic (exact) mass is 230 g/mol. The van der Waals surface area contributed by atoms with Crippen molar-refractivity contribution in [1.82, 2.24) is 21.3 Å². The van der Waals surface area contributed by atoms with Crippen LogP contribution in [0.5, 0.6) is 0 Å². The first-order valence-electron chi connectivity index (χ1n) is 6.40. The van der Waals surface area contributed by atoms with Crippen LogP contribution in [-0.4, -0.2) is 63.6 Å². The summed E-state index contributed by atoms with van der Waals surface area (Å²) in [4.78, 5) is 0. The summed E-state index contributed by atoms with van der Waals surface area (Å²) in [5.74, 6) is 0. The fraction of sp³-hybridized carbons (Fsp3) is 1.00. The second kappa shape index (κ2) is 9.99. The van der Waals surface area contributed by atoms with E-state index < -0.39 is 0 Å². The number of aliphatic hydroxyl groups excluding tert-OH is 1. The molecule has 0 aromatic carbocycles. The molecule has 0 spiro atoms. The number of hydrogen-bond acceptors (Lipinski definition) is 5. The van der Waals surface area contributed by atoms with Gasteiger partial charge in [0.1, 0.15) is 0 Å². The summed E-state index contributed by atoms with van der Waals surface area (Å²) < 4.78 is 0. The van der Waals surface area contributed by atoms with Gasteiger partial charge in [0.25, 0.3) is 0 Å². The van der Waals surface area contributed by atoms with Crippen LogP contribution in [0.2, 0.25) is 0 Å². The first-order valence-corrected chi connectivity index (χ1v) is 6.40. The van der Waals surface area contributed by atoms with E-state index in [1.807, 2.05) is 0 Å². The minimum absolute atomic E-state index is 0.175. The zero-order valence-electron chi connectivity index (χ0n) is 10.1. The topological polar surface area (TPSA) is 68.3 Å². The van der Waals surface area contributed by atoms with Crippen molar-refractivity contribution in [2.45, 2.75) is 18.9 Å². The second-order valence-corrected chi connectivity index (χ2v) is 4.23. The largest absolute Gasteiger partial charge is 0.393 e. The van der Waals surface area contributed by atoms with Crippen LogP contribution in [0.25, 0.3) is 0 Å². The molecule has 0 saturated carbocycles. The zero-order chi connectivity index (χ0) is 11.5. The van der Waals surface area contributed by atoms with E-state index >= 15 is 0 Å². The van der Waals surface area contributed by atoms with E-state index in [1.165, 1.54) is 0 Å². The summed E-state index contributed by atoms with van der Waals surface area (Å²) in [6.07, 6.45) is 1.52. The number of hydrogen-bond donors (Lipinski definition) is 5. The van der Waals surface area contributed by atoms with Gasteiger partial charge in [0.15, 0.2) is 0 Å². The van der Waals surface area contributed by atoms with Crippen molar-refractivity contribution in [2.24, 2.45) is 0 Å². The molecule has 1 aliphatic rings. The Labute approximate surface area is 98.4 Å². The molecule has 0 radical (unpaired) electrons. The summed E-state index contributed by atoms with van der Waals surface area (Å²) in [7, 11) is 0.